The number of amides is 3. The number of urea groups is 1. The van der Waals surface area contributed by atoms with E-state index in [0.717, 1.165) is 10.6 Å². The number of hydrogen-bond donors (Lipinski definition) is 3. The summed E-state index contributed by atoms with van der Waals surface area (Å²) >= 11 is 11.7. The normalized spacial score (nSPS) is 19.5. The monoisotopic (exact) mass is 303 g/mol. The van der Waals surface area contributed by atoms with Crippen molar-refractivity contribution in [3.05, 3.63) is 33.8 Å². The van der Waals surface area contributed by atoms with Crippen molar-refractivity contribution < 1.29 is 14.7 Å². The van der Waals surface area contributed by atoms with Crippen LogP contribution in [0.15, 0.2) is 18.2 Å². The maximum absolute atomic E-state index is 11.5. The fourth-order valence-electron chi connectivity index (χ4n) is 1.61. The SMILES string of the molecule is O=C1NC(=O)N(CCc2ccc(Cl)c(Cl)c2)NC1O. The van der Waals surface area contributed by atoms with Crippen LogP contribution in [0.4, 0.5) is 4.79 Å². The highest BCUT2D eigenvalue weighted by molar-refractivity contribution is 6.42. The molecular weight excluding hydrogens is 293 g/mol. The average molecular weight is 304 g/mol. The molecule has 0 radical (unpaired) electrons. The zero-order chi connectivity index (χ0) is 14.0. The maximum Gasteiger partial charge on any atom is 0.338 e. The highest BCUT2D eigenvalue weighted by atomic mass is 35.5. The fraction of sp³-hybridized carbons (Fsp3) is 0.273. The topological polar surface area (TPSA) is 81.7 Å². The van der Waals surface area contributed by atoms with Gasteiger partial charge in [-0.15, -0.1) is 0 Å². The van der Waals surface area contributed by atoms with E-state index >= 15 is 0 Å². The second kappa shape index (κ2) is 5.75. The molecule has 1 aliphatic heterocycles. The minimum atomic E-state index is -1.42. The van der Waals surface area contributed by atoms with Gasteiger partial charge in [-0.25, -0.2) is 4.79 Å². The van der Waals surface area contributed by atoms with Gasteiger partial charge in [-0.3, -0.25) is 15.1 Å². The summed E-state index contributed by atoms with van der Waals surface area (Å²) in [4.78, 5) is 22.5. The summed E-state index contributed by atoms with van der Waals surface area (Å²) in [7, 11) is 0. The number of aliphatic hydroxyl groups excluding tert-OH is 1. The highest BCUT2D eigenvalue weighted by Gasteiger charge is 2.29. The maximum atomic E-state index is 11.5. The largest absolute Gasteiger partial charge is 0.369 e. The highest BCUT2D eigenvalue weighted by Crippen LogP contribution is 2.22. The van der Waals surface area contributed by atoms with Crippen LogP contribution in [0.5, 0.6) is 0 Å². The molecule has 3 amide bonds. The Balaban J connectivity index is 1.96. The van der Waals surface area contributed by atoms with Gasteiger partial charge in [0.25, 0.3) is 5.91 Å². The molecule has 0 aliphatic carbocycles. The van der Waals surface area contributed by atoms with Gasteiger partial charge in [0.1, 0.15) is 0 Å². The molecule has 2 rings (SSSR count). The van der Waals surface area contributed by atoms with Gasteiger partial charge in [-0.2, -0.15) is 5.43 Å². The Bertz CT molecular complexity index is 524. The predicted molar refractivity (Wildman–Crippen MR) is 69.6 cm³/mol. The third-order valence-electron chi connectivity index (χ3n) is 2.61. The number of benzene rings is 1. The van der Waals surface area contributed by atoms with Gasteiger partial charge in [0.15, 0.2) is 0 Å². The number of nitrogens with one attached hydrogen (secondary N) is 2. The number of carbonyl (C=O) groups excluding carboxylic acids is 2. The molecule has 1 aromatic carbocycles. The molecule has 102 valence electrons. The summed E-state index contributed by atoms with van der Waals surface area (Å²) in [5.74, 6) is -0.768. The van der Waals surface area contributed by atoms with Gasteiger partial charge >= 0.3 is 6.03 Å². The molecule has 0 spiro atoms. The lowest BCUT2D eigenvalue weighted by atomic mass is 10.1. The molecule has 1 aliphatic rings. The lowest BCUT2D eigenvalue weighted by Crippen LogP contribution is -2.64. The number of halogens is 2. The number of nitrogens with zero attached hydrogens (tertiary/aromatic N) is 1. The average Bonchev–Trinajstić information content (AvgIpc) is 2.36. The van der Waals surface area contributed by atoms with Crippen molar-refractivity contribution >= 4 is 35.1 Å². The first-order valence-electron chi connectivity index (χ1n) is 5.48. The van der Waals surface area contributed by atoms with Gasteiger partial charge in [0.05, 0.1) is 10.0 Å². The Morgan fingerprint density at radius 1 is 1.26 bits per heavy atom. The van der Waals surface area contributed by atoms with Crippen molar-refractivity contribution in [1.29, 1.82) is 0 Å². The van der Waals surface area contributed by atoms with Crippen molar-refractivity contribution in [3.63, 3.8) is 0 Å². The van der Waals surface area contributed by atoms with Crippen LogP contribution in [-0.2, 0) is 11.2 Å². The van der Waals surface area contributed by atoms with Crippen LogP contribution in [0.1, 0.15) is 5.56 Å². The van der Waals surface area contributed by atoms with Crippen molar-refractivity contribution in [2.45, 2.75) is 12.6 Å². The zero-order valence-electron chi connectivity index (χ0n) is 9.69. The van der Waals surface area contributed by atoms with E-state index in [2.05, 4.69) is 5.43 Å². The second-order valence-corrected chi connectivity index (χ2v) is 4.79. The number of hydrazine groups is 1. The van der Waals surface area contributed by atoms with E-state index in [1.54, 1.807) is 18.2 Å². The predicted octanol–water partition coefficient (Wildman–Crippen LogP) is 0.911. The van der Waals surface area contributed by atoms with Crippen LogP contribution in [0.2, 0.25) is 10.0 Å². The number of aliphatic hydroxyl groups is 1. The first-order chi connectivity index (χ1) is 8.97. The molecule has 1 unspecified atom stereocenters. The summed E-state index contributed by atoms with van der Waals surface area (Å²) < 4.78 is 0. The van der Waals surface area contributed by atoms with Crippen LogP contribution in [0, 0.1) is 0 Å². The van der Waals surface area contributed by atoms with Crippen molar-refractivity contribution in [3.8, 4) is 0 Å². The number of imide groups is 1. The molecule has 1 saturated heterocycles. The molecule has 0 aromatic heterocycles. The molecule has 8 heteroatoms. The minimum absolute atomic E-state index is 0.272. The second-order valence-electron chi connectivity index (χ2n) is 3.98. The van der Waals surface area contributed by atoms with Gasteiger partial charge < -0.3 is 5.11 Å². The zero-order valence-corrected chi connectivity index (χ0v) is 11.2. The molecule has 19 heavy (non-hydrogen) atoms. The molecule has 1 heterocycles. The van der Waals surface area contributed by atoms with E-state index in [1.807, 2.05) is 5.32 Å². The molecule has 6 nitrogen and oxygen atoms in total. The van der Waals surface area contributed by atoms with E-state index in [4.69, 9.17) is 23.2 Å². The summed E-state index contributed by atoms with van der Waals surface area (Å²) in [6.45, 7) is 0.272. The van der Waals surface area contributed by atoms with Gasteiger partial charge in [0, 0.05) is 6.54 Å². The lowest BCUT2D eigenvalue weighted by molar-refractivity contribution is -0.135. The Morgan fingerprint density at radius 3 is 2.68 bits per heavy atom. The standard InChI is InChI=1S/C11H11Cl2N3O3/c12-7-2-1-6(5-8(7)13)3-4-16-11(19)14-9(17)10(18)15-16/h1-2,5,10,15,18H,3-4H2,(H,14,17,19). The lowest BCUT2D eigenvalue weighted by Gasteiger charge is -2.30. The first-order valence-corrected chi connectivity index (χ1v) is 6.23. The quantitative estimate of drug-likeness (QED) is 0.775. The van der Waals surface area contributed by atoms with Crippen molar-refractivity contribution in [2.75, 3.05) is 6.54 Å². The summed E-state index contributed by atoms with van der Waals surface area (Å²) in [5.41, 5.74) is 3.26. The third kappa shape index (κ3) is 3.36. The van der Waals surface area contributed by atoms with Crippen LogP contribution < -0.4 is 10.7 Å². The molecule has 1 fully saturated rings. The number of carbonyl (C=O) groups is 2. The number of hydrogen-bond acceptors (Lipinski definition) is 4. The van der Waals surface area contributed by atoms with E-state index in [1.165, 1.54) is 0 Å². The van der Waals surface area contributed by atoms with Crippen molar-refractivity contribution in [2.24, 2.45) is 0 Å². The molecular formula is C11H11Cl2N3O3. The van der Waals surface area contributed by atoms with Gasteiger partial charge in [0.2, 0.25) is 6.23 Å². The summed E-state index contributed by atoms with van der Waals surface area (Å²) in [5, 5.41) is 13.3. The first kappa shape index (κ1) is 14.1. The smallest absolute Gasteiger partial charge is 0.338 e. The van der Waals surface area contributed by atoms with Crippen LogP contribution in [0.3, 0.4) is 0 Å². The Labute approximate surface area is 119 Å². The molecule has 1 aromatic rings. The molecule has 0 bridgehead atoms. The minimum Gasteiger partial charge on any atom is -0.369 e. The van der Waals surface area contributed by atoms with Gasteiger partial charge in [-0.05, 0) is 24.1 Å². The van der Waals surface area contributed by atoms with Gasteiger partial charge in [-0.1, -0.05) is 29.3 Å². The van der Waals surface area contributed by atoms with Crippen LogP contribution in [-0.4, -0.2) is 34.8 Å². The van der Waals surface area contributed by atoms with Crippen LogP contribution in [0.25, 0.3) is 0 Å². The fourth-order valence-corrected chi connectivity index (χ4v) is 1.93. The van der Waals surface area contributed by atoms with E-state index in [-0.39, 0.29) is 6.54 Å². The Hall–Kier alpha value is -1.34. The molecule has 3 N–H and O–H groups in total. The summed E-state index contributed by atoms with van der Waals surface area (Å²) in [6.07, 6.45) is -0.926. The van der Waals surface area contributed by atoms with Crippen molar-refractivity contribution in [1.82, 2.24) is 15.8 Å². The molecule has 1 atom stereocenters. The van der Waals surface area contributed by atoms with Crippen LogP contribution >= 0.6 is 23.2 Å². The molecule has 0 saturated carbocycles. The summed E-state index contributed by atoms with van der Waals surface area (Å²) in [6, 6.07) is 4.56. The van der Waals surface area contributed by atoms with E-state index < -0.39 is 18.2 Å². The number of rotatable bonds is 3. The van der Waals surface area contributed by atoms with E-state index in [0.29, 0.717) is 16.5 Å². The van der Waals surface area contributed by atoms with E-state index in [9.17, 15) is 14.7 Å². The Kier molecular flexibility index (Phi) is 4.26. The third-order valence-corrected chi connectivity index (χ3v) is 3.35. The Morgan fingerprint density at radius 2 is 2.00 bits per heavy atom.